The molecule has 0 spiro atoms. The van der Waals surface area contributed by atoms with Crippen molar-refractivity contribution in [2.24, 2.45) is 0 Å². The van der Waals surface area contributed by atoms with E-state index in [1.165, 1.54) is 5.48 Å². The first-order valence-electron chi connectivity index (χ1n) is 5.99. The number of nitrogens with one attached hydrogen (secondary N) is 1. The molecule has 2 aromatic rings. The Kier molecular flexibility index (Phi) is 4.81. The summed E-state index contributed by atoms with van der Waals surface area (Å²) in [6.07, 6.45) is 0. The van der Waals surface area contributed by atoms with Crippen LogP contribution in [0.2, 0.25) is 0 Å². The van der Waals surface area contributed by atoms with Crippen molar-refractivity contribution in [3.63, 3.8) is 0 Å². The Hall–Kier alpha value is -2.24. The molecule has 0 aliphatic heterocycles. The number of rotatable bonds is 4. The van der Waals surface area contributed by atoms with Gasteiger partial charge >= 0.3 is 0 Å². The first-order valence-corrected chi connectivity index (χ1v) is 6.73. The van der Waals surface area contributed by atoms with Gasteiger partial charge in [0.1, 0.15) is 4.86 Å². The normalized spacial score (nSPS) is 10.1. The smallest absolute Gasteiger partial charge is 0.284 e. The fourth-order valence-corrected chi connectivity index (χ4v) is 2.55. The average Bonchev–Trinajstić information content (AvgIpc) is 2.53. The molecule has 0 unspecified atom stereocenters. The van der Waals surface area contributed by atoms with Gasteiger partial charge in [-0.1, -0.05) is 60.7 Å². The van der Waals surface area contributed by atoms with Crippen LogP contribution in [0.25, 0.3) is 0 Å². The van der Waals surface area contributed by atoms with Crippen LogP contribution in [0.1, 0.15) is 17.0 Å². The number of benzene rings is 2. The zero-order valence-electron chi connectivity index (χ0n) is 10.5. The van der Waals surface area contributed by atoms with Crippen LogP contribution < -0.4 is 5.48 Å². The van der Waals surface area contributed by atoms with Crippen molar-refractivity contribution in [3.8, 4) is 0 Å². The lowest BCUT2D eigenvalue weighted by atomic mass is 9.88. The Labute approximate surface area is 120 Å². The van der Waals surface area contributed by atoms with Crippen molar-refractivity contribution in [2.75, 3.05) is 0 Å². The lowest BCUT2D eigenvalue weighted by Gasteiger charge is -2.17. The predicted octanol–water partition coefficient (Wildman–Crippen LogP) is 1.71. The van der Waals surface area contributed by atoms with E-state index >= 15 is 0 Å². The Bertz CT molecular complexity index is 597. The highest BCUT2D eigenvalue weighted by atomic mass is 32.1. The van der Waals surface area contributed by atoms with E-state index < -0.39 is 11.8 Å². The van der Waals surface area contributed by atoms with E-state index in [2.05, 4.69) is 0 Å². The Morgan fingerprint density at radius 3 is 1.75 bits per heavy atom. The van der Waals surface area contributed by atoms with Gasteiger partial charge in [-0.15, -0.1) is 0 Å². The zero-order chi connectivity index (χ0) is 14.4. The minimum atomic E-state index is -0.775. The van der Waals surface area contributed by atoms with Crippen LogP contribution in [0.5, 0.6) is 0 Å². The number of amides is 1. The van der Waals surface area contributed by atoms with Gasteiger partial charge in [0.15, 0.2) is 0 Å². The lowest BCUT2D eigenvalue weighted by Crippen LogP contribution is -2.33. The van der Waals surface area contributed by atoms with E-state index in [0.717, 1.165) is 11.1 Å². The summed E-state index contributed by atoms with van der Waals surface area (Å²) < 4.78 is 11.3. The maximum absolute atomic E-state index is 11.7. The molecule has 0 radical (unpaired) electrons. The summed E-state index contributed by atoms with van der Waals surface area (Å²) >= 11 is 0.0950. The van der Waals surface area contributed by atoms with E-state index in [1.807, 2.05) is 60.7 Å². The van der Waals surface area contributed by atoms with Crippen LogP contribution in [0.4, 0.5) is 0 Å². The zero-order valence-corrected chi connectivity index (χ0v) is 11.3. The Morgan fingerprint density at radius 1 is 0.950 bits per heavy atom. The van der Waals surface area contributed by atoms with Gasteiger partial charge < -0.3 is 0 Å². The summed E-state index contributed by atoms with van der Waals surface area (Å²) in [4.78, 5) is 11.7. The second kappa shape index (κ2) is 6.79. The summed E-state index contributed by atoms with van der Waals surface area (Å²) in [6.45, 7) is 0. The molecule has 2 N–H and O–H groups in total. The summed E-state index contributed by atoms with van der Waals surface area (Å²) in [7, 11) is 0. The number of hydrogen-bond donors (Lipinski definition) is 2. The lowest BCUT2D eigenvalue weighted by molar-refractivity contribution is -0.122. The molecule has 0 fully saturated rings. The molecule has 0 saturated heterocycles. The van der Waals surface area contributed by atoms with Crippen LogP contribution in [-0.2, 0) is 16.1 Å². The Balaban J connectivity index is 2.56. The summed E-state index contributed by atoms with van der Waals surface area (Å²) in [6, 6.07) is 18.5. The third-order valence-electron chi connectivity index (χ3n) is 2.94. The molecule has 4 nitrogen and oxygen atoms in total. The topological polar surface area (TPSA) is 66.4 Å². The van der Waals surface area contributed by atoms with Crippen molar-refractivity contribution in [2.45, 2.75) is 5.92 Å². The van der Waals surface area contributed by atoms with Crippen LogP contribution in [-0.4, -0.2) is 20.2 Å². The van der Waals surface area contributed by atoms with E-state index in [9.17, 15) is 9.00 Å². The molecular formula is C15H13NO3S. The van der Waals surface area contributed by atoms with Gasteiger partial charge in [-0.05, 0) is 11.1 Å². The second-order valence-electron chi connectivity index (χ2n) is 4.14. The van der Waals surface area contributed by atoms with Crippen LogP contribution in [0, 0.1) is 0 Å². The SMILES string of the molecule is O=S=C(C(=O)NO)C(c1ccccc1)c1ccccc1. The summed E-state index contributed by atoms with van der Waals surface area (Å²) in [5.41, 5.74) is 3.18. The first-order chi connectivity index (χ1) is 9.77. The number of carbonyl (C=O) groups excluding carboxylic acids is 1. The van der Waals surface area contributed by atoms with Crippen molar-refractivity contribution >= 4 is 22.0 Å². The molecule has 0 aliphatic carbocycles. The van der Waals surface area contributed by atoms with Crippen molar-refractivity contribution < 1.29 is 14.2 Å². The molecule has 2 rings (SSSR count). The maximum atomic E-state index is 11.7. The van der Waals surface area contributed by atoms with E-state index in [0.29, 0.717) is 0 Å². The fraction of sp³-hybridized carbons (Fsp3) is 0.0667. The highest BCUT2D eigenvalue weighted by Gasteiger charge is 2.25. The summed E-state index contributed by atoms with van der Waals surface area (Å²) in [5, 5.41) is 8.81. The third kappa shape index (κ3) is 3.01. The largest absolute Gasteiger partial charge is 0.288 e. The summed E-state index contributed by atoms with van der Waals surface area (Å²) in [5.74, 6) is -1.27. The molecule has 5 heteroatoms. The van der Waals surface area contributed by atoms with Gasteiger partial charge in [0.05, 0.1) is 17.2 Å². The highest BCUT2D eigenvalue weighted by molar-refractivity contribution is 7.68. The molecule has 1 amide bonds. The number of hydrogen-bond acceptors (Lipinski definition) is 3. The number of carbonyl (C=O) groups is 1. The van der Waals surface area contributed by atoms with Gasteiger partial charge in [-0.2, -0.15) is 0 Å². The first kappa shape index (κ1) is 14.2. The molecule has 0 atom stereocenters. The molecule has 0 heterocycles. The molecule has 0 bridgehead atoms. The quantitative estimate of drug-likeness (QED) is 0.511. The van der Waals surface area contributed by atoms with Gasteiger partial charge in [0, 0.05) is 0 Å². The number of hydroxylamine groups is 1. The van der Waals surface area contributed by atoms with Crippen molar-refractivity contribution in [1.82, 2.24) is 5.48 Å². The van der Waals surface area contributed by atoms with Crippen LogP contribution >= 0.6 is 0 Å². The molecular weight excluding hydrogens is 274 g/mol. The van der Waals surface area contributed by atoms with Crippen molar-refractivity contribution in [1.29, 1.82) is 0 Å². The average molecular weight is 287 g/mol. The second-order valence-corrected chi connectivity index (χ2v) is 4.75. The van der Waals surface area contributed by atoms with Crippen LogP contribution in [0.15, 0.2) is 60.7 Å². The minimum absolute atomic E-state index is 0.00454. The fourth-order valence-electron chi connectivity index (χ4n) is 2.06. The molecule has 102 valence electrons. The van der Waals surface area contributed by atoms with Gasteiger partial charge in [0.2, 0.25) is 0 Å². The highest BCUT2D eigenvalue weighted by Crippen LogP contribution is 2.25. The van der Waals surface area contributed by atoms with E-state index in [1.54, 1.807) is 0 Å². The van der Waals surface area contributed by atoms with Gasteiger partial charge in [-0.25, -0.2) is 9.69 Å². The third-order valence-corrected chi connectivity index (χ3v) is 3.54. The monoisotopic (exact) mass is 287 g/mol. The Morgan fingerprint density at radius 2 is 1.40 bits per heavy atom. The molecule has 2 aromatic carbocycles. The minimum Gasteiger partial charge on any atom is -0.288 e. The van der Waals surface area contributed by atoms with E-state index in [-0.39, 0.29) is 16.1 Å². The molecule has 0 aliphatic rings. The van der Waals surface area contributed by atoms with Gasteiger partial charge in [0.25, 0.3) is 5.91 Å². The molecule has 0 saturated carbocycles. The molecule has 20 heavy (non-hydrogen) atoms. The van der Waals surface area contributed by atoms with E-state index in [4.69, 9.17) is 5.21 Å². The van der Waals surface area contributed by atoms with Gasteiger partial charge in [-0.3, -0.25) is 10.0 Å². The molecule has 0 aromatic heterocycles. The standard InChI is InChI=1S/C15H13NO3S/c17-15(16-18)14(20-19)13(11-7-3-1-4-8-11)12-9-5-2-6-10-12/h1-10,13,18H,(H,16,17). The van der Waals surface area contributed by atoms with Crippen LogP contribution in [0.3, 0.4) is 0 Å². The van der Waals surface area contributed by atoms with Crippen molar-refractivity contribution in [3.05, 3.63) is 71.8 Å². The maximum Gasteiger partial charge on any atom is 0.284 e. The predicted molar refractivity (Wildman–Crippen MR) is 77.8 cm³/mol.